The number of hydrogen-bond donors (Lipinski definition) is 2. The van der Waals surface area contributed by atoms with Gasteiger partial charge in [0.25, 0.3) is 0 Å². The van der Waals surface area contributed by atoms with Crippen LogP contribution in [0.25, 0.3) is 0 Å². The summed E-state index contributed by atoms with van der Waals surface area (Å²) in [5.74, 6) is 0.942. The highest BCUT2D eigenvalue weighted by Gasteiger charge is 2.24. The minimum atomic E-state index is 0.338. The Hall–Kier alpha value is -1.15. The molecule has 0 saturated carbocycles. The van der Waals surface area contributed by atoms with Crippen LogP contribution in [0.1, 0.15) is 51.0 Å². The lowest BCUT2D eigenvalue weighted by Crippen LogP contribution is -2.46. The Balaban J connectivity index is 1.48. The summed E-state index contributed by atoms with van der Waals surface area (Å²) in [6.07, 6.45) is 4.41. The number of aliphatic imine (C=N–C) groups is 1. The molecule has 164 valence electrons. The molecule has 1 aromatic heterocycles. The molecule has 0 aromatic carbocycles. The van der Waals surface area contributed by atoms with Crippen LogP contribution in [0, 0.1) is 0 Å². The second kappa shape index (κ2) is 11.9. The highest BCUT2D eigenvalue weighted by molar-refractivity contribution is 7.10. The van der Waals surface area contributed by atoms with Crippen LogP contribution in [0.4, 0.5) is 0 Å². The van der Waals surface area contributed by atoms with Gasteiger partial charge in [-0.25, -0.2) is 0 Å². The smallest absolute Gasteiger partial charge is 0.191 e. The monoisotopic (exact) mass is 421 g/mol. The molecule has 1 aromatic rings. The zero-order valence-electron chi connectivity index (χ0n) is 18.4. The molecule has 29 heavy (non-hydrogen) atoms. The molecular weight excluding hydrogens is 382 g/mol. The van der Waals surface area contributed by atoms with Crippen molar-refractivity contribution >= 4 is 17.3 Å². The van der Waals surface area contributed by atoms with Gasteiger partial charge in [-0.05, 0) is 64.6 Å². The molecule has 2 aliphatic rings. The van der Waals surface area contributed by atoms with E-state index in [0.29, 0.717) is 18.2 Å². The van der Waals surface area contributed by atoms with E-state index >= 15 is 0 Å². The Bertz CT molecular complexity index is 592. The van der Waals surface area contributed by atoms with Gasteiger partial charge < -0.3 is 15.4 Å². The SMILES string of the molecule is CCNC(=NCC(c1cccs1)N1CCCC1)NCCCN1CC(C)OC(C)C1. The second-order valence-electron chi connectivity index (χ2n) is 8.29. The van der Waals surface area contributed by atoms with Crippen LogP contribution >= 0.6 is 11.3 Å². The molecule has 3 rings (SSSR count). The predicted molar refractivity (Wildman–Crippen MR) is 123 cm³/mol. The molecule has 7 heteroatoms. The quantitative estimate of drug-likeness (QED) is 0.365. The van der Waals surface area contributed by atoms with Crippen LogP contribution in [0.15, 0.2) is 22.5 Å². The Labute approximate surface area is 180 Å². The van der Waals surface area contributed by atoms with Crippen molar-refractivity contribution in [1.82, 2.24) is 20.4 Å². The fraction of sp³-hybridized carbons (Fsp3) is 0.773. The third-order valence-corrected chi connectivity index (χ3v) is 6.63. The van der Waals surface area contributed by atoms with Gasteiger partial charge >= 0.3 is 0 Å². The molecule has 3 atom stereocenters. The molecule has 0 bridgehead atoms. The molecule has 2 saturated heterocycles. The first-order valence-electron chi connectivity index (χ1n) is 11.3. The average Bonchev–Trinajstić information content (AvgIpc) is 3.39. The van der Waals surface area contributed by atoms with Crippen molar-refractivity contribution in [2.75, 3.05) is 52.4 Å². The third kappa shape index (κ3) is 7.24. The number of hydrogen-bond acceptors (Lipinski definition) is 5. The van der Waals surface area contributed by atoms with Crippen LogP contribution in [0.2, 0.25) is 0 Å². The minimum Gasteiger partial charge on any atom is -0.373 e. The molecule has 0 aliphatic carbocycles. The summed E-state index contributed by atoms with van der Waals surface area (Å²) < 4.78 is 5.83. The standard InChI is InChI=1S/C22H39N5OS/c1-4-23-22(24-10-8-11-26-16-18(2)28-19(3)17-26)25-15-20(21-9-7-14-29-21)27-12-5-6-13-27/h7,9,14,18-20H,4-6,8,10-13,15-17H2,1-3H3,(H2,23,24,25). The van der Waals surface area contributed by atoms with E-state index in [-0.39, 0.29) is 0 Å². The van der Waals surface area contributed by atoms with Crippen molar-refractivity contribution in [2.24, 2.45) is 4.99 Å². The number of likely N-dealkylation sites (tertiary alicyclic amines) is 1. The highest BCUT2D eigenvalue weighted by Crippen LogP contribution is 2.28. The van der Waals surface area contributed by atoms with Crippen molar-refractivity contribution in [2.45, 2.75) is 58.3 Å². The Kier molecular flexibility index (Phi) is 9.24. The maximum atomic E-state index is 5.83. The number of morpholine rings is 1. The van der Waals surface area contributed by atoms with E-state index in [1.165, 1.54) is 30.8 Å². The molecule has 3 unspecified atom stereocenters. The van der Waals surface area contributed by atoms with Crippen molar-refractivity contribution < 1.29 is 4.74 Å². The van der Waals surface area contributed by atoms with Crippen molar-refractivity contribution in [3.05, 3.63) is 22.4 Å². The van der Waals surface area contributed by atoms with Gasteiger partial charge in [-0.2, -0.15) is 0 Å². The lowest BCUT2D eigenvalue weighted by Gasteiger charge is -2.35. The van der Waals surface area contributed by atoms with Crippen LogP contribution in [0.5, 0.6) is 0 Å². The van der Waals surface area contributed by atoms with E-state index in [1.54, 1.807) is 0 Å². The zero-order chi connectivity index (χ0) is 20.5. The summed E-state index contributed by atoms with van der Waals surface area (Å²) in [4.78, 5) is 11.5. The second-order valence-corrected chi connectivity index (χ2v) is 9.27. The van der Waals surface area contributed by atoms with E-state index in [1.807, 2.05) is 11.3 Å². The third-order valence-electron chi connectivity index (χ3n) is 5.66. The van der Waals surface area contributed by atoms with Crippen LogP contribution in [-0.2, 0) is 4.74 Å². The summed E-state index contributed by atoms with van der Waals surface area (Å²) in [7, 11) is 0. The van der Waals surface area contributed by atoms with Gasteiger partial charge in [-0.3, -0.25) is 14.8 Å². The number of rotatable bonds is 9. The number of ether oxygens (including phenoxy) is 1. The van der Waals surface area contributed by atoms with Crippen molar-refractivity contribution in [1.29, 1.82) is 0 Å². The van der Waals surface area contributed by atoms with Gasteiger partial charge in [0, 0.05) is 37.6 Å². The first-order chi connectivity index (χ1) is 14.2. The van der Waals surface area contributed by atoms with Gasteiger partial charge in [-0.15, -0.1) is 11.3 Å². The van der Waals surface area contributed by atoms with Crippen LogP contribution < -0.4 is 10.6 Å². The maximum Gasteiger partial charge on any atom is 0.191 e. The zero-order valence-corrected chi connectivity index (χ0v) is 19.2. The summed E-state index contributed by atoms with van der Waals surface area (Å²) in [5.41, 5.74) is 0. The predicted octanol–water partition coefficient (Wildman–Crippen LogP) is 2.94. The summed E-state index contributed by atoms with van der Waals surface area (Å²) >= 11 is 1.85. The molecule has 3 heterocycles. The maximum absolute atomic E-state index is 5.83. The molecule has 2 N–H and O–H groups in total. The van der Waals surface area contributed by atoms with E-state index in [2.05, 4.69) is 58.7 Å². The normalized spacial score (nSPS) is 25.3. The van der Waals surface area contributed by atoms with Crippen molar-refractivity contribution in [3.63, 3.8) is 0 Å². The minimum absolute atomic E-state index is 0.338. The lowest BCUT2D eigenvalue weighted by atomic mass is 10.2. The molecule has 6 nitrogen and oxygen atoms in total. The summed E-state index contributed by atoms with van der Waals surface area (Å²) in [6.45, 7) is 14.7. The van der Waals surface area contributed by atoms with Gasteiger partial charge in [-0.1, -0.05) is 6.07 Å². The van der Waals surface area contributed by atoms with Crippen molar-refractivity contribution in [3.8, 4) is 0 Å². The van der Waals surface area contributed by atoms with Gasteiger partial charge in [0.2, 0.25) is 0 Å². The van der Waals surface area contributed by atoms with Crippen LogP contribution in [0.3, 0.4) is 0 Å². The fourth-order valence-electron chi connectivity index (χ4n) is 4.42. The fourth-order valence-corrected chi connectivity index (χ4v) is 5.27. The lowest BCUT2D eigenvalue weighted by molar-refractivity contribution is -0.0679. The Morgan fingerprint density at radius 1 is 1.24 bits per heavy atom. The first kappa shape index (κ1) is 22.5. The molecule has 0 amide bonds. The molecule has 0 radical (unpaired) electrons. The largest absolute Gasteiger partial charge is 0.373 e. The van der Waals surface area contributed by atoms with Crippen LogP contribution in [-0.4, -0.2) is 80.3 Å². The van der Waals surface area contributed by atoms with Gasteiger partial charge in [0.05, 0.1) is 24.8 Å². The number of nitrogens with one attached hydrogen (secondary N) is 2. The molecule has 2 aliphatic heterocycles. The van der Waals surface area contributed by atoms with E-state index in [9.17, 15) is 0 Å². The van der Waals surface area contributed by atoms with E-state index in [0.717, 1.165) is 51.6 Å². The average molecular weight is 422 g/mol. The Morgan fingerprint density at radius 2 is 2.00 bits per heavy atom. The highest BCUT2D eigenvalue weighted by atomic mass is 32.1. The number of nitrogens with zero attached hydrogens (tertiary/aromatic N) is 3. The molecule has 0 spiro atoms. The number of thiophene rings is 1. The summed E-state index contributed by atoms with van der Waals surface area (Å²) in [6, 6.07) is 4.82. The van der Waals surface area contributed by atoms with Gasteiger partial charge in [0.1, 0.15) is 0 Å². The number of guanidine groups is 1. The van der Waals surface area contributed by atoms with Gasteiger partial charge in [0.15, 0.2) is 5.96 Å². The van der Waals surface area contributed by atoms with E-state index in [4.69, 9.17) is 9.73 Å². The Morgan fingerprint density at radius 3 is 2.66 bits per heavy atom. The topological polar surface area (TPSA) is 52.1 Å². The first-order valence-corrected chi connectivity index (χ1v) is 12.2. The summed E-state index contributed by atoms with van der Waals surface area (Å²) in [5, 5.41) is 9.14. The molecular formula is C22H39N5OS. The van der Waals surface area contributed by atoms with E-state index < -0.39 is 0 Å². The molecule has 2 fully saturated rings.